The lowest BCUT2D eigenvalue weighted by atomic mass is 10.0. The minimum absolute atomic E-state index is 0.0398. The molecule has 0 N–H and O–H groups in total. The third-order valence-corrected chi connectivity index (χ3v) is 5.98. The molecular weight excluding hydrogens is 408 g/mol. The molecule has 32 heavy (non-hydrogen) atoms. The summed E-state index contributed by atoms with van der Waals surface area (Å²) in [7, 11) is 2.02. The summed E-state index contributed by atoms with van der Waals surface area (Å²) in [5.74, 6) is -0.641. The summed E-state index contributed by atoms with van der Waals surface area (Å²) in [6.45, 7) is 1.99. The maximum absolute atomic E-state index is 14.7. The van der Waals surface area contributed by atoms with Gasteiger partial charge in [0, 0.05) is 11.5 Å². The van der Waals surface area contributed by atoms with Crippen LogP contribution in [-0.2, 0) is 7.05 Å². The van der Waals surface area contributed by atoms with Crippen LogP contribution in [0.25, 0.3) is 50.2 Å². The molecule has 0 radical (unpaired) electrons. The summed E-state index contributed by atoms with van der Waals surface area (Å²) in [5.41, 5.74) is 5.45. The van der Waals surface area contributed by atoms with E-state index in [0.717, 1.165) is 39.7 Å². The first kappa shape index (κ1) is 18.7. The summed E-state index contributed by atoms with van der Waals surface area (Å²) in [6.07, 6.45) is 0. The third kappa shape index (κ3) is 2.59. The van der Waals surface area contributed by atoms with Crippen LogP contribution < -0.4 is 4.57 Å². The Morgan fingerprint density at radius 2 is 1.69 bits per heavy atom. The van der Waals surface area contributed by atoms with Gasteiger partial charge in [0.05, 0.1) is 18.0 Å². The Kier molecular flexibility index (Phi) is 3.92. The highest BCUT2D eigenvalue weighted by molar-refractivity contribution is 6.05. The minimum atomic E-state index is -0.901. The highest BCUT2D eigenvalue weighted by Crippen LogP contribution is 2.36. The maximum atomic E-state index is 14.7. The molecule has 4 nitrogen and oxygen atoms in total. The van der Waals surface area contributed by atoms with Gasteiger partial charge >= 0.3 is 0 Å². The molecule has 0 aliphatic rings. The topological polar surface area (TPSA) is 34.8 Å². The lowest BCUT2D eigenvalue weighted by Crippen LogP contribution is -2.30. The van der Waals surface area contributed by atoms with Crippen LogP contribution in [0.3, 0.4) is 0 Å². The SMILES string of the molecule is Cc1cc2oc3nc(F)cc(F)c3c2cc1-c1n(-c2ccccc2)c2ccccc2[n+]1C. The van der Waals surface area contributed by atoms with Crippen LogP contribution in [0.5, 0.6) is 0 Å². The average Bonchev–Trinajstić information content (AvgIpc) is 3.28. The molecule has 0 aliphatic heterocycles. The van der Waals surface area contributed by atoms with Crippen molar-refractivity contribution >= 4 is 33.1 Å². The fourth-order valence-corrected chi connectivity index (χ4v) is 4.54. The highest BCUT2D eigenvalue weighted by atomic mass is 19.1. The smallest absolute Gasteiger partial charge is 0.295 e. The number of benzene rings is 3. The number of furan rings is 1. The quantitative estimate of drug-likeness (QED) is 0.251. The van der Waals surface area contributed by atoms with Crippen molar-refractivity contribution in [3.05, 3.63) is 90.1 Å². The molecule has 0 spiro atoms. The van der Waals surface area contributed by atoms with E-state index in [-0.39, 0.29) is 11.1 Å². The molecule has 0 fully saturated rings. The van der Waals surface area contributed by atoms with Crippen LogP contribution in [-0.4, -0.2) is 9.55 Å². The first-order valence-corrected chi connectivity index (χ1v) is 10.3. The van der Waals surface area contributed by atoms with Gasteiger partial charge in [0.25, 0.3) is 5.82 Å². The van der Waals surface area contributed by atoms with Crippen molar-refractivity contribution in [1.29, 1.82) is 0 Å². The van der Waals surface area contributed by atoms with Crippen molar-refractivity contribution in [2.75, 3.05) is 0 Å². The molecule has 6 heteroatoms. The van der Waals surface area contributed by atoms with Crippen molar-refractivity contribution in [1.82, 2.24) is 9.55 Å². The van der Waals surface area contributed by atoms with Crippen LogP contribution in [0.15, 0.2) is 77.2 Å². The van der Waals surface area contributed by atoms with Crippen LogP contribution in [0.1, 0.15) is 5.56 Å². The predicted molar refractivity (Wildman–Crippen MR) is 120 cm³/mol. The van der Waals surface area contributed by atoms with Gasteiger partial charge in [0.2, 0.25) is 11.7 Å². The predicted octanol–water partition coefficient (Wildman–Crippen LogP) is 6.00. The first-order valence-electron chi connectivity index (χ1n) is 10.3. The Morgan fingerprint density at radius 1 is 0.938 bits per heavy atom. The number of aryl methyl sites for hydroxylation is 2. The zero-order valence-corrected chi connectivity index (χ0v) is 17.4. The van der Waals surface area contributed by atoms with E-state index in [0.29, 0.717) is 11.0 Å². The normalized spacial score (nSPS) is 11.8. The van der Waals surface area contributed by atoms with Crippen molar-refractivity contribution in [2.45, 2.75) is 6.92 Å². The summed E-state index contributed by atoms with van der Waals surface area (Å²) in [4.78, 5) is 3.74. The zero-order chi connectivity index (χ0) is 22.0. The summed E-state index contributed by atoms with van der Waals surface area (Å²) in [6, 6.07) is 22.8. The van der Waals surface area contributed by atoms with Gasteiger partial charge in [0.15, 0.2) is 11.0 Å². The Morgan fingerprint density at radius 3 is 2.50 bits per heavy atom. The highest BCUT2D eigenvalue weighted by Gasteiger charge is 2.28. The van der Waals surface area contributed by atoms with Gasteiger partial charge < -0.3 is 4.42 Å². The molecule has 0 amide bonds. The first-order chi connectivity index (χ1) is 15.5. The molecule has 156 valence electrons. The Bertz CT molecular complexity index is 1670. The minimum Gasteiger partial charge on any atom is -0.437 e. The van der Waals surface area contributed by atoms with E-state index in [4.69, 9.17) is 4.42 Å². The third-order valence-electron chi connectivity index (χ3n) is 5.98. The van der Waals surface area contributed by atoms with E-state index in [9.17, 15) is 8.78 Å². The molecule has 0 unspecified atom stereocenters. The number of fused-ring (bicyclic) bond motifs is 4. The second-order valence-electron chi connectivity index (χ2n) is 7.91. The molecule has 3 heterocycles. The second kappa shape index (κ2) is 6.72. The molecule has 0 saturated carbocycles. The van der Waals surface area contributed by atoms with E-state index >= 15 is 0 Å². The molecule has 0 atom stereocenters. The van der Waals surface area contributed by atoms with Gasteiger partial charge in [0.1, 0.15) is 17.1 Å². The van der Waals surface area contributed by atoms with Gasteiger partial charge in [-0.1, -0.05) is 30.3 Å². The molecule has 6 rings (SSSR count). The van der Waals surface area contributed by atoms with Crippen molar-refractivity contribution in [3.63, 3.8) is 0 Å². The summed E-state index contributed by atoms with van der Waals surface area (Å²) in [5, 5.41) is 0.753. The number of pyridine rings is 1. The number of hydrogen-bond donors (Lipinski definition) is 0. The van der Waals surface area contributed by atoms with Gasteiger partial charge in [-0.05, 0) is 48.9 Å². The summed E-state index contributed by atoms with van der Waals surface area (Å²) < 4.78 is 38.3. The molecule has 3 aromatic carbocycles. The van der Waals surface area contributed by atoms with E-state index < -0.39 is 11.8 Å². The second-order valence-corrected chi connectivity index (χ2v) is 7.91. The Labute approximate surface area is 182 Å². The van der Waals surface area contributed by atoms with Crippen LogP contribution in [0.2, 0.25) is 0 Å². The molecule has 0 saturated heterocycles. The largest absolute Gasteiger partial charge is 0.437 e. The number of nitrogens with zero attached hydrogens (tertiary/aromatic N) is 3. The number of rotatable bonds is 2. The molecule has 6 aromatic rings. The van der Waals surface area contributed by atoms with Crippen LogP contribution in [0, 0.1) is 18.7 Å². The van der Waals surface area contributed by atoms with Crippen molar-refractivity contribution in [2.24, 2.45) is 7.05 Å². The lowest BCUT2D eigenvalue weighted by Gasteiger charge is -2.07. The van der Waals surface area contributed by atoms with E-state index in [1.807, 2.05) is 56.4 Å². The lowest BCUT2D eigenvalue weighted by molar-refractivity contribution is -0.633. The summed E-state index contributed by atoms with van der Waals surface area (Å²) >= 11 is 0. The van der Waals surface area contributed by atoms with Crippen LogP contribution >= 0.6 is 0 Å². The van der Waals surface area contributed by atoms with E-state index in [1.165, 1.54) is 0 Å². The van der Waals surface area contributed by atoms with Gasteiger partial charge in [-0.15, -0.1) is 0 Å². The molecular formula is C26H18F2N3O+. The molecule has 0 bridgehead atoms. The maximum Gasteiger partial charge on any atom is 0.295 e. The zero-order valence-electron chi connectivity index (χ0n) is 17.4. The van der Waals surface area contributed by atoms with E-state index in [1.54, 1.807) is 0 Å². The van der Waals surface area contributed by atoms with Crippen molar-refractivity contribution < 1.29 is 17.8 Å². The Balaban J connectivity index is 1.75. The van der Waals surface area contributed by atoms with Crippen molar-refractivity contribution in [3.8, 4) is 17.1 Å². The number of aromatic nitrogens is 3. The van der Waals surface area contributed by atoms with E-state index in [2.05, 4.69) is 38.4 Å². The van der Waals surface area contributed by atoms with Gasteiger partial charge in [-0.2, -0.15) is 13.9 Å². The fourth-order valence-electron chi connectivity index (χ4n) is 4.54. The van der Waals surface area contributed by atoms with Crippen LogP contribution in [0.4, 0.5) is 8.78 Å². The number of imidazole rings is 1. The fraction of sp³-hybridized carbons (Fsp3) is 0.0769. The Hall–Kier alpha value is -4.06. The average molecular weight is 426 g/mol. The monoisotopic (exact) mass is 426 g/mol. The number of para-hydroxylation sites is 3. The standard InChI is InChI=1S/C26H18F2N3O/c1-15-12-22-18(24-19(27)14-23(28)29-25(24)32-22)13-17(15)26-30(2)20-10-6-7-11-21(20)31(26)16-8-4-3-5-9-16/h3-14H,1-2H3/q+1. The molecule has 3 aromatic heterocycles. The molecule has 0 aliphatic carbocycles. The number of halogens is 2. The van der Waals surface area contributed by atoms with Gasteiger partial charge in [-0.3, -0.25) is 0 Å². The number of hydrogen-bond acceptors (Lipinski definition) is 2. The van der Waals surface area contributed by atoms with Gasteiger partial charge in [-0.25, -0.2) is 8.96 Å².